The summed E-state index contributed by atoms with van der Waals surface area (Å²) < 4.78 is 116. The standard InChI is InChI=1S/C23H24N6O2S.C22H25N7O2S.C21H24ClN5O2S.2C18H23N7O2S/c1-16-15-31-12-11-29(16)22-13-21(28-32(2,30)17-5-4-9-24-14-17)26-23(27-22)19-8-10-25-20-7-3-6-18(19)20;1-15-14-31-10-9-29(15)21-11-20(27-32(3,30)16-12-24-28(2)13-16)25-22(26-21)18-7-8-23-19-6-4-5-17(18)19;1-14-13-29-7-6-27(14)20-12-19(26-30(28)8-2-3-9-30)24-21(25-20)16-4-5-23-18-11-15(22)10-17(16)18;2*1-11-10-27-8-7-25(11)15-9-14(24-28(3,4)26)22-17(23-15)13-5-6-19-18-16(13)20-12(2)21-18/h3-6,8-10,13-14,16H,7,11-12,15H2,1-2H3;4-5,7-8,11-13,15H,6,9-10,14H2,1-3H3;4-5,10,12,14H,2-3,6-9,11,13H2,1H3;2*5-6,9,11H,7-8,10H2,1-4H3,(H,19,20,21)/t16-,32?;15-,32?;14-;2*11-/m11111/s1. The predicted molar refractivity (Wildman–Crippen MR) is 586 cm³/mol. The number of nitrogens with zero attached hydrogens (tertiary/aromatic N) is 30. The minimum Gasteiger partial charge on any atom is -0.377 e. The maximum atomic E-state index is 13.4. The number of halogens is 1. The second kappa shape index (κ2) is 45.0. The van der Waals surface area contributed by atoms with E-state index in [1.54, 1.807) is 129 Å². The fourth-order valence-corrected chi connectivity index (χ4v) is 24.4. The average Bonchev–Trinajstić information content (AvgIpc) is 1.29. The number of aryl methyl sites for hydroxylation is 3. The molecule has 0 spiro atoms. The molecule has 42 nitrogen and oxygen atoms in total. The highest BCUT2D eigenvalue weighted by Crippen LogP contribution is 2.41. The smallest absolute Gasteiger partial charge is 0.178 e. The summed E-state index contributed by atoms with van der Waals surface area (Å²) in [5, 5.41) is 4.89. The number of allylic oxidation sites excluding steroid dienone is 3. The lowest BCUT2D eigenvalue weighted by molar-refractivity contribution is 0.0985. The highest BCUT2D eigenvalue weighted by Gasteiger charge is 2.33. The number of imidazole rings is 2. The first-order valence-electron chi connectivity index (χ1n) is 49.4. The summed E-state index contributed by atoms with van der Waals surface area (Å²) in [6.07, 6.45) is 39.1. The van der Waals surface area contributed by atoms with Crippen molar-refractivity contribution in [2.24, 2.45) is 28.9 Å². The molecule has 2 N–H and O–H groups in total. The maximum absolute atomic E-state index is 13.4. The Morgan fingerprint density at radius 3 is 1.14 bits per heavy atom. The first-order chi connectivity index (χ1) is 72.0. The number of nitrogens with one attached hydrogen (secondary N) is 2. The molecule has 3 aliphatic carbocycles. The van der Waals surface area contributed by atoms with Crippen LogP contribution >= 0.6 is 11.6 Å². The third kappa shape index (κ3) is 24.9. The molecule has 6 saturated heterocycles. The molecule has 20 heterocycles. The van der Waals surface area contributed by atoms with Crippen LogP contribution in [0.1, 0.15) is 92.9 Å². The zero-order valence-corrected chi connectivity index (χ0v) is 90.7. The van der Waals surface area contributed by atoms with Crippen LogP contribution < -0.4 is 24.5 Å². The van der Waals surface area contributed by atoms with Crippen molar-refractivity contribution < 1.29 is 44.7 Å². The Kier molecular flexibility index (Phi) is 31.5. The monoisotopic (exact) mass is 2150 g/mol. The van der Waals surface area contributed by atoms with E-state index in [-0.39, 0.29) is 30.2 Å². The molecular formula is C102H119ClN32O10S5. The number of aromatic nitrogens is 22. The molecule has 0 bridgehead atoms. The molecule has 0 radical (unpaired) electrons. The van der Waals surface area contributed by atoms with Crippen molar-refractivity contribution in [2.45, 2.75) is 121 Å². The van der Waals surface area contributed by atoms with E-state index in [4.69, 9.17) is 75.2 Å². The first kappa shape index (κ1) is 105. The van der Waals surface area contributed by atoms with Crippen molar-refractivity contribution in [3.63, 3.8) is 0 Å². The van der Waals surface area contributed by atoms with Crippen LogP contribution in [0.4, 0.5) is 58.2 Å². The second-order valence-electron chi connectivity index (χ2n) is 38.4. The van der Waals surface area contributed by atoms with Gasteiger partial charge in [-0.25, -0.2) is 90.8 Å². The third-order valence-electron chi connectivity index (χ3n) is 25.9. The molecule has 150 heavy (non-hydrogen) atoms. The number of pyridine rings is 6. The van der Waals surface area contributed by atoms with Crippen LogP contribution in [0.15, 0.2) is 177 Å². The Bertz CT molecular complexity index is 8060. The Morgan fingerprint density at radius 2 is 0.767 bits per heavy atom. The number of rotatable bonds is 17. The van der Waals surface area contributed by atoms with Crippen molar-refractivity contribution in [1.29, 1.82) is 0 Å². The first-order valence-corrected chi connectivity index (χ1v) is 60.1. The number of hydrogen-bond donors (Lipinski definition) is 2. The van der Waals surface area contributed by atoms with Crippen LogP contribution in [0.25, 0.3) is 97.5 Å². The van der Waals surface area contributed by atoms with E-state index in [1.807, 2.05) is 68.5 Å². The van der Waals surface area contributed by atoms with Crippen LogP contribution in [0.2, 0.25) is 0 Å². The SMILES string of the molecule is C[C@@H]1COCCN1c1cc(N=S(C)(=O)c2cccnc2)nc(-c2ccnc3c2C=CC3)n1.C[C@@H]1COCCN1c1cc(N=S(C)(=O)c2cnn(C)c2)nc(-c2ccnc3c2C=CC3)n1.C[C@@H]1COCCN1c1cc(N=S2(=O)CCCC2)nc(-c2ccnc3c2C=C(Cl)C3)n1.Cc1nc2nccc(-c3nc(N=S(C)(C)=O)cc(N4CCOC[C@H]4C)n3)c2[nH]1.Cc1nc2nccc(-c3nc(N=S(C)(C)=O)cc(N4CCOC[C@H]4C)n3)c2[nH]1. The van der Waals surface area contributed by atoms with Crippen LogP contribution in [0.5, 0.6) is 0 Å². The zero-order valence-electron chi connectivity index (χ0n) is 85.9. The topological polar surface area (TPSA) is 491 Å². The lowest BCUT2D eigenvalue weighted by Gasteiger charge is -2.34. The van der Waals surface area contributed by atoms with Crippen molar-refractivity contribution in [1.82, 2.24) is 109 Å². The van der Waals surface area contributed by atoms with Crippen LogP contribution in [-0.2, 0) is 98.6 Å². The molecule has 9 aliphatic rings. The highest BCUT2D eigenvalue weighted by atomic mass is 35.5. The van der Waals surface area contributed by atoms with E-state index < -0.39 is 48.6 Å². The third-order valence-corrected chi connectivity index (χ3v) is 33.0. The summed E-state index contributed by atoms with van der Waals surface area (Å²) in [4.78, 5) is 101. The van der Waals surface area contributed by atoms with Crippen molar-refractivity contribution in [3.05, 3.63) is 191 Å². The number of anilines is 5. The van der Waals surface area contributed by atoms with Gasteiger partial charge in [0.2, 0.25) is 0 Å². The summed E-state index contributed by atoms with van der Waals surface area (Å²) in [5.74, 6) is 11.3. The lowest BCUT2D eigenvalue weighted by atomic mass is 10.1. The molecule has 14 aromatic heterocycles. The Hall–Kier alpha value is -13.5. The molecule has 14 aromatic rings. The van der Waals surface area contributed by atoms with E-state index in [1.165, 1.54) is 0 Å². The Balaban J connectivity index is 0.000000118. The predicted octanol–water partition coefficient (Wildman–Crippen LogP) is 14.8. The number of hydrogen-bond acceptors (Lipinski definition) is 39. The number of H-pyrrole nitrogens is 2. The fourth-order valence-electron chi connectivity index (χ4n) is 18.6. The van der Waals surface area contributed by atoms with E-state index in [0.717, 1.165) is 177 Å². The average molecular weight is 2150 g/mol. The fraction of sp³-hybridized carbons (Fsp3) is 0.402. The molecule has 0 amide bonds. The van der Waals surface area contributed by atoms with Gasteiger partial charge in [-0.05, 0) is 110 Å². The second-order valence-corrected chi connectivity index (χ2v) is 51.0. The van der Waals surface area contributed by atoms with Crippen molar-refractivity contribution in [2.75, 3.05) is 172 Å². The summed E-state index contributed by atoms with van der Waals surface area (Å²) in [7, 11) is -10.6. The molecule has 2 unspecified atom stereocenters. The van der Waals surface area contributed by atoms with Gasteiger partial charge >= 0.3 is 0 Å². The van der Waals surface area contributed by atoms with E-state index in [0.29, 0.717) is 163 Å². The molecule has 6 fully saturated rings. The van der Waals surface area contributed by atoms with Gasteiger partial charge in [0.15, 0.2) is 69.5 Å². The lowest BCUT2D eigenvalue weighted by Crippen LogP contribution is -2.44. The van der Waals surface area contributed by atoms with Gasteiger partial charge in [-0.3, -0.25) is 24.6 Å². The number of ether oxygens (including phenoxy) is 5. The Labute approximate surface area is 877 Å². The van der Waals surface area contributed by atoms with E-state index in [9.17, 15) is 21.0 Å². The molecule has 6 aliphatic heterocycles. The van der Waals surface area contributed by atoms with Crippen molar-refractivity contribution >= 4 is 159 Å². The van der Waals surface area contributed by atoms with Crippen LogP contribution in [0.3, 0.4) is 0 Å². The van der Waals surface area contributed by atoms with Gasteiger partial charge in [0, 0.05) is 257 Å². The summed E-state index contributed by atoms with van der Waals surface area (Å²) >= 11 is 6.27. The molecule has 23 rings (SSSR count). The summed E-state index contributed by atoms with van der Waals surface area (Å²) in [6.45, 7) is 24.2. The van der Waals surface area contributed by atoms with Crippen LogP contribution in [-0.4, -0.2) is 309 Å². The molecule has 48 heteroatoms. The number of fused-ring (bicyclic) bond motifs is 5. The largest absolute Gasteiger partial charge is 0.377 e. The van der Waals surface area contributed by atoms with Gasteiger partial charge in [0.25, 0.3) is 0 Å². The van der Waals surface area contributed by atoms with Gasteiger partial charge in [-0.2, -0.15) is 26.9 Å². The molecular weight excluding hydrogens is 2030 g/mol. The van der Waals surface area contributed by atoms with Gasteiger partial charge in [0.1, 0.15) is 40.7 Å². The molecule has 7 atom stereocenters. The number of aromatic amines is 2. The van der Waals surface area contributed by atoms with Crippen molar-refractivity contribution in [3.8, 4) is 56.9 Å². The quantitative estimate of drug-likeness (QED) is 0.0855. The molecule has 784 valence electrons. The minimum absolute atomic E-state index is 0.159. The number of morpholine rings is 5. The van der Waals surface area contributed by atoms with E-state index in [2.05, 4.69) is 170 Å². The van der Waals surface area contributed by atoms with Gasteiger partial charge in [-0.15, -0.1) is 0 Å². The maximum Gasteiger partial charge on any atom is 0.178 e. The summed E-state index contributed by atoms with van der Waals surface area (Å²) in [5.41, 5.74) is 12.9. The molecule has 0 aromatic carbocycles. The zero-order chi connectivity index (χ0) is 105. The minimum atomic E-state index is -2.73. The highest BCUT2D eigenvalue weighted by molar-refractivity contribution is 7.94. The summed E-state index contributed by atoms with van der Waals surface area (Å²) in [6, 6.07) is 22.9. The normalized spacial score (nSPS) is 19.5. The molecule has 0 saturated carbocycles. The van der Waals surface area contributed by atoms with Gasteiger partial charge in [0.05, 0.1) is 170 Å². The van der Waals surface area contributed by atoms with E-state index >= 15 is 0 Å². The van der Waals surface area contributed by atoms with Gasteiger partial charge < -0.3 is 58.2 Å². The Morgan fingerprint density at radius 1 is 0.413 bits per heavy atom. The van der Waals surface area contributed by atoms with Gasteiger partial charge in [-0.1, -0.05) is 35.9 Å². The van der Waals surface area contributed by atoms with Crippen LogP contribution in [0, 0.1) is 13.8 Å².